The number of aryl methyl sites for hydroxylation is 1. The van der Waals surface area contributed by atoms with Gasteiger partial charge >= 0.3 is 0 Å². The third-order valence-electron chi connectivity index (χ3n) is 11.1. The number of methoxy groups -OCH3 is 2. The van der Waals surface area contributed by atoms with Gasteiger partial charge in [-0.3, -0.25) is 14.7 Å². The first-order valence-corrected chi connectivity index (χ1v) is 20.4. The summed E-state index contributed by atoms with van der Waals surface area (Å²) < 4.78 is 35.2. The fourth-order valence-corrected chi connectivity index (χ4v) is 8.28. The molecule has 3 heterocycles. The highest BCUT2D eigenvalue weighted by molar-refractivity contribution is 5.40. The Bertz CT molecular complexity index is 1050. The Labute approximate surface area is 311 Å². The molecule has 3 saturated heterocycles. The second-order valence-corrected chi connectivity index (χ2v) is 15.3. The standard InChI is InChI=1S/C41H74N4O6/c1-34-10-11-41(51-27-18-43-16-13-42-14-17-43)37(30-34)38-32-36(3)33-40(45(38)20-26-49-23-9-24-50-29-28-47-5)39-31-35(2)12-15-44(39)19-25-48-22-8-6-7-21-46-4/h10-11,30,35-36,38-40,42H,6-9,12-29,31-33H2,1-5H3/t35-,36+,38?,39?,40?/m1/s1. The lowest BCUT2D eigenvalue weighted by molar-refractivity contribution is -0.0439. The lowest BCUT2D eigenvalue weighted by Gasteiger charge is -2.52. The molecule has 1 aromatic carbocycles. The first-order valence-electron chi connectivity index (χ1n) is 20.4. The third-order valence-corrected chi connectivity index (χ3v) is 11.1. The Morgan fingerprint density at radius 3 is 2.16 bits per heavy atom. The molecule has 4 rings (SSSR count). The summed E-state index contributed by atoms with van der Waals surface area (Å²) in [6.45, 7) is 22.1. The maximum Gasteiger partial charge on any atom is 0.124 e. The maximum atomic E-state index is 6.68. The van der Waals surface area contributed by atoms with Gasteiger partial charge < -0.3 is 33.7 Å². The highest BCUT2D eigenvalue weighted by Gasteiger charge is 2.43. The molecule has 294 valence electrons. The molecule has 5 atom stereocenters. The molecule has 10 heteroatoms. The van der Waals surface area contributed by atoms with Crippen molar-refractivity contribution in [2.75, 3.05) is 126 Å². The number of unbranched alkanes of at least 4 members (excludes halogenated alkanes) is 2. The van der Waals surface area contributed by atoms with E-state index in [0.717, 1.165) is 129 Å². The quantitative estimate of drug-likeness (QED) is 0.133. The summed E-state index contributed by atoms with van der Waals surface area (Å²) in [5, 5.41) is 3.47. The van der Waals surface area contributed by atoms with Crippen molar-refractivity contribution in [2.45, 2.75) is 90.3 Å². The first-order chi connectivity index (χ1) is 25.0. The lowest BCUT2D eigenvalue weighted by Crippen LogP contribution is -2.59. The summed E-state index contributed by atoms with van der Waals surface area (Å²) in [5.41, 5.74) is 2.65. The van der Waals surface area contributed by atoms with Gasteiger partial charge in [-0.1, -0.05) is 31.5 Å². The SMILES string of the molecule is COCCCCCOCCN1CC[C@@H](C)CC1C1C[C@@H](C)CC(c2cc(C)ccc2OCCN2CCNCC2)N1CCOCCCOCCOC. The van der Waals surface area contributed by atoms with Gasteiger partial charge in [-0.05, 0) is 82.7 Å². The van der Waals surface area contributed by atoms with Crippen LogP contribution in [0.25, 0.3) is 0 Å². The van der Waals surface area contributed by atoms with Gasteiger partial charge in [-0.25, -0.2) is 0 Å². The second-order valence-electron chi connectivity index (χ2n) is 15.3. The van der Waals surface area contributed by atoms with E-state index in [-0.39, 0.29) is 6.04 Å². The highest BCUT2D eigenvalue weighted by atomic mass is 16.5. The largest absolute Gasteiger partial charge is 0.492 e. The number of likely N-dealkylation sites (tertiary alicyclic amines) is 2. The van der Waals surface area contributed by atoms with Crippen LogP contribution in [0.5, 0.6) is 5.75 Å². The Kier molecular flexibility index (Phi) is 20.7. The van der Waals surface area contributed by atoms with E-state index in [2.05, 4.69) is 59.0 Å². The summed E-state index contributed by atoms with van der Waals surface area (Å²) in [7, 11) is 3.49. The zero-order valence-electron chi connectivity index (χ0n) is 33.1. The van der Waals surface area contributed by atoms with Gasteiger partial charge in [0.1, 0.15) is 12.4 Å². The van der Waals surface area contributed by atoms with Crippen LogP contribution in [0.15, 0.2) is 18.2 Å². The Morgan fingerprint density at radius 2 is 1.37 bits per heavy atom. The average molecular weight is 719 g/mol. The van der Waals surface area contributed by atoms with E-state index < -0.39 is 0 Å². The van der Waals surface area contributed by atoms with Crippen LogP contribution in [0.2, 0.25) is 0 Å². The van der Waals surface area contributed by atoms with E-state index in [1.807, 2.05) is 0 Å². The van der Waals surface area contributed by atoms with Crippen molar-refractivity contribution in [2.24, 2.45) is 11.8 Å². The van der Waals surface area contributed by atoms with Crippen LogP contribution in [-0.4, -0.2) is 153 Å². The molecule has 0 aliphatic carbocycles. The summed E-state index contributed by atoms with van der Waals surface area (Å²) in [6.07, 6.45) is 9.12. The van der Waals surface area contributed by atoms with Crippen molar-refractivity contribution >= 4 is 0 Å². The number of nitrogens with zero attached hydrogens (tertiary/aromatic N) is 3. The molecule has 0 radical (unpaired) electrons. The monoisotopic (exact) mass is 719 g/mol. The highest BCUT2D eigenvalue weighted by Crippen LogP contribution is 2.44. The average Bonchev–Trinajstić information content (AvgIpc) is 3.13. The summed E-state index contributed by atoms with van der Waals surface area (Å²) in [5.74, 6) is 2.40. The normalized spacial score (nSPS) is 25.4. The van der Waals surface area contributed by atoms with Crippen LogP contribution < -0.4 is 10.1 Å². The Morgan fingerprint density at radius 1 is 0.667 bits per heavy atom. The van der Waals surface area contributed by atoms with E-state index >= 15 is 0 Å². The molecule has 3 aliphatic rings. The number of rotatable bonds is 25. The number of hydrogen-bond donors (Lipinski definition) is 1. The molecule has 0 bridgehead atoms. The summed E-state index contributed by atoms with van der Waals surface area (Å²) in [4.78, 5) is 8.12. The fraction of sp³-hybridized carbons (Fsp3) is 0.854. The summed E-state index contributed by atoms with van der Waals surface area (Å²) >= 11 is 0. The van der Waals surface area contributed by atoms with Crippen molar-refractivity contribution in [1.29, 1.82) is 0 Å². The molecular weight excluding hydrogens is 644 g/mol. The van der Waals surface area contributed by atoms with E-state index in [1.165, 1.54) is 30.4 Å². The number of ether oxygens (including phenoxy) is 6. The minimum atomic E-state index is 0.288. The van der Waals surface area contributed by atoms with Crippen LogP contribution in [-0.2, 0) is 23.7 Å². The van der Waals surface area contributed by atoms with Gasteiger partial charge in [0.2, 0.25) is 0 Å². The summed E-state index contributed by atoms with van der Waals surface area (Å²) in [6, 6.07) is 8.10. The predicted octanol–water partition coefficient (Wildman–Crippen LogP) is 5.42. The van der Waals surface area contributed by atoms with Gasteiger partial charge in [0.15, 0.2) is 0 Å². The maximum absolute atomic E-state index is 6.68. The fourth-order valence-electron chi connectivity index (χ4n) is 8.28. The topological polar surface area (TPSA) is 77.1 Å². The van der Waals surface area contributed by atoms with Gasteiger partial charge in [-0.2, -0.15) is 0 Å². The zero-order valence-corrected chi connectivity index (χ0v) is 33.1. The van der Waals surface area contributed by atoms with Crippen molar-refractivity contribution in [3.8, 4) is 5.75 Å². The second kappa shape index (κ2) is 24.9. The lowest BCUT2D eigenvalue weighted by atomic mass is 9.77. The minimum Gasteiger partial charge on any atom is -0.492 e. The predicted molar refractivity (Wildman–Crippen MR) is 206 cm³/mol. The van der Waals surface area contributed by atoms with Crippen LogP contribution in [0.1, 0.15) is 82.4 Å². The van der Waals surface area contributed by atoms with E-state index in [4.69, 9.17) is 28.4 Å². The number of piperazine rings is 1. The van der Waals surface area contributed by atoms with Crippen molar-refractivity contribution in [3.05, 3.63) is 29.3 Å². The molecule has 51 heavy (non-hydrogen) atoms. The van der Waals surface area contributed by atoms with E-state index in [9.17, 15) is 0 Å². The molecule has 0 saturated carbocycles. The number of nitrogens with one attached hydrogen (secondary N) is 1. The van der Waals surface area contributed by atoms with Crippen molar-refractivity contribution in [3.63, 3.8) is 0 Å². The molecule has 3 aliphatic heterocycles. The van der Waals surface area contributed by atoms with Gasteiger partial charge in [0, 0.05) is 110 Å². The molecule has 1 aromatic rings. The molecule has 3 fully saturated rings. The van der Waals surface area contributed by atoms with Crippen LogP contribution >= 0.6 is 0 Å². The van der Waals surface area contributed by atoms with Gasteiger partial charge in [0.25, 0.3) is 0 Å². The zero-order chi connectivity index (χ0) is 36.1. The van der Waals surface area contributed by atoms with Gasteiger partial charge in [0.05, 0.1) is 26.4 Å². The van der Waals surface area contributed by atoms with Gasteiger partial charge in [-0.15, -0.1) is 0 Å². The minimum absolute atomic E-state index is 0.288. The van der Waals surface area contributed by atoms with E-state index in [0.29, 0.717) is 44.4 Å². The number of piperidine rings is 2. The molecule has 10 nitrogen and oxygen atoms in total. The van der Waals surface area contributed by atoms with Crippen molar-refractivity contribution < 1.29 is 28.4 Å². The molecular formula is C41H74N4O6. The molecule has 1 N–H and O–H groups in total. The van der Waals surface area contributed by atoms with Crippen LogP contribution in [0.4, 0.5) is 0 Å². The van der Waals surface area contributed by atoms with E-state index in [1.54, 1.807) is 14.2 Å². The van der Waals surface area contributed by atoms with Crippen LogP contribution in [0, 0.1) is 18.8 Å². The molecule has 0 aromatic heterocycles. The smallest absolute Gasteiger partial charge is 0.124 e. The van der Waals surface area contributed by atoms with Crippen molar-refractivity contribution in [1.82, 2.24) is 20.0 Å². The third kappa shape index (κ3) is 15.1. The number of hydrogen-bond acceptors (Lipinski definition) is 10. The first kappa shape index (κ1) is 42.4. The van der Waals surface area contributed by atoms with Crippen LogP contribution in [0.3, 0.4) is 0 Å². The molecule has 3 unspecified atom stereocenters. The number of benzene rings is 1. The Balaban J connectivity index is 1.47. The molecule has 0 amide bonds. The molecule has 0 spiro atoms. The Hall–Kier alpha value is -1.34.